The monoisotopic (exact) mass is 159 g/mol. The van der Waals surface area contributed by atoms with Crippen molar-refractivity contribution in [2.45, 2.75) is 39.2 Å². The Bertz CT molecular complexity index is 132. The summed E-state index contributed by atoms with van der Waals surface area (Å²) in [5, 5.41) is 0. The minimum atomic E-state index is -0.410. The van der Waals surface area contributed by atoms with Crippen LogP contribution in [0.5, 0.6) is 0 Å². The largest absolute Gasteiger partial charge is 0.466 e. The van der Waals surface area contributed by atoms with E-state index in [0.29, 0.717) is 13.0 Å². The van der Waals surface area contributed by atoms with Crippen LogP contribution >= 0.6 is 0 Å². The van der Waals surface area contributed by atoms with Gasteiger partial charge in [-0.25, -0.2) is 0 Å². The first-order valence-electron chi connectivity index (χ1n) is 3.96. The molecule has 0 aliphatic heterocycles. The van der Waals surface area contributed by atoms with Crippen molar-refractivity contribution in [2.75, 3.05) is 6.61 Å². The van der Waals surface area contributed by atoms with Crippen molar-refractivity contribution in [3.63, 3.8) is 0 Å². The van der Waals surface area contributed by atoms with Gasteiger partial charge in [-0.3, -0.25) is 4.79 Å². The quantitative estimate of drug-likeness (QED) is 0.624. The average Bonchev–Trinajstić information content (AvgIpc) is 1.87. The van der Waals surface area contributed by atoms with Gasteiger partial charge in [-0.1, -0.05) is 6.92 Å². The number of nitrogens with two attached hydrogens (primary N) is 1. The maximum Gasteiger partial charge on any atom is 0.307 e. The third kappa shape index (κ3) is 4.79. The van der Waals surface area contributed by atoms with Gasteiger partial charge < -0.3 is 10.5 Å². The molecule has 0 spiro atoms. The number of hydrogen-bond acceptors (Lipinski definition) is 3. The number of carbonyl (C=O) groups is 1. The molecule has 0 bridgehead atoms. The highest BCUT2D eigenvalue weighted by molar-refractivity contribution is 5.70. The van der Waals surface area contributed by atoms with Crippen LogP contribution in [-0.2, 0) is 9.53 Å². The molecule has 66 valence electrons. The number of hydrogen-bond donors (Lipinski definition) is 1. The molecule has 0 fully saturated rings. The van der Waals surface area contributed by atoms with Gasteiger partial charge in [0.2, 0.25) is 0 Å². The van der Waals surface area contributed by atoms with Crippen LogP contribution in [0.1, 0.15) is 33.6 Å². The van der Waals surface area contributed by atoms with Gasteiger partial charge in [0.05, 0.1) is 13.0 Å². The Hall–Kier alpha value is -0.570. The zero-order valence-electron chi connectivity index (χ0n) is 7.52. The predicted molar refractivity (Wildman–Crippen MR) is 44.1 cm³/mol. The van der Waals surface area contributed by atoms with Crippen molar-refractivity contribution in [3.8, 4) is 0 Å². The molecule has 0 aromatic heterocycles. The normalized spacial score (nSPS) is 15.6. The molecule has 0 aromatic rings. The summed E-state index contributed by atoms with van der Waals surface area (Å²) in [4.78, 5) is 10.9. The predicted octanol–water partition coefficient (Wildman–Crippen LogP) is 1.07. The van der Waals surface area contributed by atoms with E-state index in [0.717, 1.165) is 6.42 Å². The van der Waals surface area contributed by atoms with E-state index in [1.165, 1.54) is 0 Å². The SMILES string of the molecule is CCOC(=O)CC(C)(N)CC. The smallest absolute Gasteiger partial charge is 0.307 e. The molecule has 0 aromatic carbocycles. The van der Waals surface area contributed by atoms with Crippen molar-refractivity contribution in [3.05, 3.63) is 0 Å². The molecular weight excluding hydrogens is 142 g/mol. The Morgan fingerprint density at radius 1 is 1.55 bits per heavy atom. The number of carbonyl (C=O) groups excluding carboxylic acids is 1. The van der Waals surface area contributed by atoms with Gasteiger partial charge in [-0.05, 0) is 20.3 Å². The van der Waals surface area contributed by atoms with Gasteiger partial charge in [-0.2, -0.15) is 0 Å². The third-order valence-electron chi connectivity index (χ3n) is 1.66. The standard InChI is InChI=1S/C8H17NO2/c1-4-8(3,9)6-7(10)11-5-2/h4-6,9H2,1-3H3. The fourth-order valence-corrected chi connectivity index (χ4v) is 0.667. The highest BCUT2D eigenvalue weighted by Gasteiger charge is 2.20. The highest BCUT2D eigenvalue weighted by Crippen LogP contribution is 2.10. The summed E-state index contributed by atoms with van der Waals surface area (Å²) >= 11 is 0. The van der Waals surface area contributed by atoms with Crippen LogP contribution in [0.25, 0.3) is 0 Å². The van der Waals surface area contributed by atoms with Crippen LogP contribution in [-0.4, -0.2) is 18.1 Å². The molecule has 3 heteroatoms. The van der Waals surface area contributed by atoms with Crippen LogP contribution in [0.2, 0.25) is 0 Å². The van der Waals surface area contributed by atoms with E-state index >= 15 is 0 Å². The van der Waals surface area contributed by atoms with Gasteiger partial charge in [0.25, 0.3) is 0 Å². The molecule has 2 N–H and O–H groups in total. The second kappa shape index (κ2) is 4.34. The van der Waals surface area contributed by atoms with E-state index in [2.05, 4.69) is 0 Å². The maximum absolute atomic E-state index is 10.9. The lowest BCUT2D eigenvalue weighted by atomic mass is 9.96. The van der Waals surface area contributed by atoms with E-state index in [4.69, 9.17) is 10.5 Å². The molecule has 11 heavy (non-hydrogen) atoms. The highest BCUT2D eigenvalue weighted by atomic mass is 16.5. The molecule has 0 heterocycles. The van der Waals surface area contributed by atoms with Crippen LogP contribution in [0.4, 0.5) is 0 Å². The Morgan fingerprint density at radius 3 is 2.45 bits per heavy atom. The van der Waals surface area contributed by atoms with Crippen LogP contribution in [0.15, 0.2) is 0 Å². The topological polar surface area (TPSA) is 52.3 Å². The molecule has 1 unspecified atom stereocenters. The van der Waals surface area contributed by atoms with Gasteiger partial charge in [0.1, 0.15) is 0 Å². The molecule has 0 saturated heterocycles. The van der Waals surface area contributed by atoms with E-state index in [9.17, 15) is 4.79 Å². The van der Waals surface area contributed by atoms with Crippen molar-refractivity contribution < 1.29 is 9.53 Å². The number of rotatable bonds is 4. The molecule has 0 rings (SSSR count). The second-order valence-corrected chi connectivity index (χ2v) is 2.99. The summed E-state index contributed by atoms with van der Waals surface area (Å²) in [5.74, 6) is -0.209. The van der Waals surface area contributed by atoms with Crippen molar-refractivity contribution in [2.24, 2.45) is 5.73 Å². The van der Waals surface area contributed by atoms with E-state index in [1.54, 1.807) is 6.92 Å². The molecule has 0 radical (unpaired) electrons. The lowest BCUT2D eigenvalue weighted by Gasteiger charge is -2.20. The number of esters is 1. The van der Waals surface area contributed by atoms with Crippen molar-refractivity contribution >= 4 is 5.97 Å². The Morgan fingerprint density at radius 2 is 2.09 bits per heavy atom. The van der Waals surface area contributed by atoms with Gasteiger partial charge in [0, 0.05) is 5.54 Å². The van der Waals surface area contributed by atoms with Crippen LogP contribution in [0, 0.1) is 0 Å². The molecule has 0 aliphatic carbocycles. The maximum atomic E-state index is 10.9. The molecule has 1 atom stereocenters. The summed E-state index contributed by atoms with van der Waals surface area (Å²) in [6.45, 7) is 6.03. The summed E-state index contributed by atoms with van der Waals surface area (Å²) in [7, 11) is 0. The Balaban J connectivity index is 3.74. The van der Waals surface area contributed by atoms with Crippen molar-refractivity contribution in [1.29, 1.82) is 0 Å². The average molecular weight is 159 g/mol. The van der Waals surface area contributed by atoms with Gasteiger partial charge in [-0.15, -0.1) is 0 Å². The van der Waals surface area contributed by atoms with E-state index < -0.39 is 5.54 Å². The minimum absolute atomic E-state index is 0.209. The summed E-state index contributed by atoms with van der Waals surface area (Å²) in [5.41, 5.74) is 5.34. The Kier molecular flexibility index (Phi) is 4.11. The fourth-order valence-electron chi connectivity index (χ4n) is 0.667. The minimum Gasteiger partial charge on any atom is -0.466 e. The molecule has 0 aliphatic rings. The first kappa shape index (κ1) is 10.4. The molecule has 0 amide bonds. The zero-order chi connectivity index (χ0) is 8.91. The fraction of sp³-hybridized carbons (Fsp3) is 0.875. The van der Waals surface area contributed by atoms with Gasteiger partial charge in [0.15, 0.2) is 0 Å². The first-order chi connectivity index (χ1) is 5.02. The zero-order valence-corrected chi connectivity index (χ0v) is 7.52. The molecule has 0 saturated carbocycles. The lowest BCUT2D eigenvalue weighted by Crippen LogP contribution is -2.38. The van der Waals surface area contributed by atoms with E-state index in [1.807, 2.05) is 13.8 Å². The molecule has 3 nitrogen and oxygen atoms in total. The third-order valence-corrected chi connectivity index (χ3v) is 1.66. The molecular formula is C8H17NO2. The first-order valence-corrected chi connectivity index (χ1v) is 3.96. The summed E-state index contributed by atoms with van der Waals surface area (Å²) < 4.78 is 4.76. The van der Waals surface area contributed by atoms with Crippen LogP contribution in [0.3, 0.4) is 0 Å². The lowest BCUT2D eigenvalue weighted by molar-refractivity contribution is -0.144. The van der Waals surface area contributed by atoms with Crippen LogP contribution < -0.4 is 5.73 Å². The summed E-state index contributed by atoms with van der Waals surface area (Å²) in [6, 6.07) is 0. The second-order valence-electron chi connectivity index (χ2n) is 2.99. The van der Waals surface area contributed by atoms with E-state index in [-0.39, 0.29) is 5.97 Å². The van der Waals surface area contributed by atoms with Gasteiger partial charge >= 0.3 is 5.97 Å². The summed E-state index contributed by atoms with van der Waals surface area (Å²) in [6.07, 6.45) is 1.09. The Labute approximate surface area is 67.9 Å². The van der Waals surface area contributed by atoms with Crippen molar-refractivity contribution in [1.82, 2.24) is 0 Å². The number of ether oxygens (including phenoxy) is 1.